The van der Waals surface area contributed by atoms with E-state index in [-0.39, 0.29) is 10.8 Å². The van der Waals surface area contributed by atoms with Crippen LogP contribution in [0.3, 0.4) is 0 Å². The number of hydrogen-bond donors (Lipinski definition) is 1. The minimum atomic E-state index is 0.0771. The maximum Gasteiger partial charge on any atom is 0.198 e. The number of nitrogens with one attached hydrogen (secondary N) is 1. The maximum atomic E-state index is 6.49. The van der Waals surface area contributed by atoms with Crippen molar-refractivity contribution < 1.29 is 8.83 Å². The first-order chi connectivity index (χ1) is 25.6. The third-order valence-corrected chi connectivity index (χ3v) is 12.5. The fourth-order valence-electron chi connectivity index (χ4n) is 9.50. The van der Waals surface area contributed by atoms with Crippen molar-refractivity contribution in [1.82, 2.24) is 4.98 Å². The topological polar surface area (TPSA) is 45.3 Å². The average Bonchev–Trinajstić information content (AvgIpc) is 3.81. The zero-order valence-electron chi connectivity index (χ0n) is 31.1. The third-order valence-electron chi connectivity index (χ3n) is 12.5. The van der Waals surface area contributed by atoms with Gasteiger partial charge in [-0.05, 0) is 119 Å². The molecule has 0 saturated heterocycles. The number of aromatic nitrogens is 1. The van der Waals surface area contributed by atoms with Gasteiger partial charge in [-0.15, -0.1) is 0 Å². The van der Waals surface area contributed by atoms with E-state index in [1.54, 1.807) is 0 Å². The number of anilines is 3. The van der Waals surface area contributed by atoms with Crippen molar-refractivity contribution in [1.29, 1.82) is 0 Å². The molecule has 2 aliphatic rings. The van der Waals surface area contributed by atoms with Crippen LogP contribution in [0.25, 0.3) is 66.0 Å². The number of furan rings is 2. The van der Waals surface area contributed by atoms with E-state index < -0.39 is 0 Å². The summed E-state index contributed by atoms with van der Waals surface area (Å²) < 4.78 is 12.9. The Labute approximate surface area is 309 Å². The molecule has 6 aromatic carbocycles. The molecule has 0 fully saturated rings. The van der Waals surface area contributed by atoms with Crippen LogP contribution in [0.2, 0.25) is 0 Å². The van der Waals surface area contributed by atoms with Gasteiger partial charge in [0.1, 0.15) is 16.7 Å². The summed E-state index contributed by atoms with van der Waals surface area (Å²) in [6.07, 6.45) is 2.36. The van der Waals surface area contributed by atoms with Gasteiger partial charge >= 0.3 is 0 Å². The second-order valence-electron chi connectivity index (χ2n) is 16.8. The number of aromatic amines is 1. The summed E-state index contributed by atoms with van der Waals surface area (Å²) in [6, 6.07) is 37.6. The van der Waals surface area contributed by atoms with Crippen molar-refractivity contribution in [2.24, 2.45) is 0 Å². The van der Waals surface area contributed by atoms with Crippen LogP contribution in [-0.4, -0.2) is 12.3 Å². The van der Waals surface area contributed by atoms with Crippen LogP contribution in [0.15, 0.2) is 112 Å². The van der Waals surface area contributed by atoms with Crippen LogP contribution < -0.4 is 15.8 Å². The Kier molecular flexibility index (Phi) is 6.11. The van der Waals surface area contributed by atoms with Gasteiger partial charge in [0.25, 0.3) is 0 Å². The minimum Gasteiger partial charge on any atom is -0.456 e. The molecule has 5 heteroatoms. The van der Waals surface area contributed by atoms with E-state index in [2.05, 4.69) is 144 Å². The van der Waals surface area contributed by atoms with Crippen LogP contribution in [-0.2, 0) is 10.8 Å². The first-order valence-corrected chi connectivity index (χ1v) is 18.9. The molecule has 0 amide bonds. The van der Waals surface area contributed by atoms with E-state index >= 15 is 0 Å². The normalized spacial score (nSPS) is 16.0. The van der Waals surface area contributed by atoms with Gasteiger partial charge in [0.2, 0.25) is 0 Å². The van der Waals surface area contributed by atoms with Gasteiger partial charge in [-0.25, -0.2) is 0 Å². The fourth-order valence-corrected chi connectivity index (χ4v) is 9.50. The predicted molar refractivity (Wildman–Crippen MR) is 223 cm³/mol. The maximum absolute atomic E-state index is 6.49. The second-order valence-corrected chi connectivity index (χ2v) is 16.8. The average molecular weight is 688 g/mol. The quantitative estimate of drug-likeness (QED) is 0.184. The van der Waals surface area contributed by atoms with Crippen molar-refractivity contribution in [3.8, 4) is 11.1 Å². The number of nitrogens with zero attached hydrogens (tertiary/aromatic N) is 1. The molecule has 1 aliphatic heterocycles. The highest BCUT2D eigenvalue weighted by atomic mass is 16.3. The summed E-state index contributed by atoms with van der Waals surface area (Å²) in [4.78, 5) is 6.36. The van der Waals surface area contributed by atoms with Gasteiger partial charge in [0, 0.05) is 44.2 Å². The van der Waals surface area contributed by atoms with Crippen LogP contribution in [0.1, 0.15) is 62.8 Å². The Morgan fingerprint density at radius 2 is 1.28 bits per heavy atom. The van der Waals surface area contributed by atoms with E-state index in [1.807, 2.05) is 18.2 Å². The van der Waals surface area contributed by atoms with E-state index in [1.165, 1.54) is 63.2 Å². The van der Waals surface area contributed by atoms with Crippen molar-refractivity contribution in [3.63, 3.8) is 0 Å². The molecule has 4 heterocycles. The lowest BCUT2D eigenvalue weighted by Crippen LogP contribution is -2.41. The first kappa shape index (κ1) is 30.9. The predicted octanol–water partition coefficient (Wildman–Crippen LogP) is 12.0. The largest absolute Gasteiger partial charge is 0.456 e. The number of fused-ring (bicyclic) bond motifs is 11. The molecule has 0 atom stereocenters. The van der Waals surface area contributed by atoms with Crippen molar-refractivity contribution in [2.75, 3.05) is 4.90 Å². The second kappa shape index (κ2) is 10.5. The van der Waals surface area contributed by atoms with Crippen LogP contribution in [0.5, 0.6) is 0 Å². The van der Waals surface area contributed by atoms with Crippen LogP contribution >= 0.6 is 0 Å². The number of rotatable bonds is 2. The molecule has 0 saturated carbocycles. The number of benzene rings is 6. The van der Waals surface area contributed by atoms with Crippen molar-refractivity contribution in [3.05, 3.63) is 125 Å². The Hall–Kier alpha value is -5.68. The summed E-state index contributed by atoms with van der Waals surface area (Å²) in [5, 5.41) is 4.47. The molecule has 1 radical (unpaired) electrons. The zero-order valence-corrected chi connectivity index (χ0v) is 31.1. The molecule has 0 spiro atoms. The van der Waals surface area contributed by atoms with E-state index in [9.17, 15) is 0 Å². The summed E-state index contributed by atoms with van der Waals surface area (Å²) in [5.41, 5.74) is 19.7. The number of H-pyrrole nitrogens is 1. The Morgan fingerprint density at radius 3 is 2.08 bits per heavy atom. The molecular formula is C48H40BN2O2. The monoisotopic (exact) mass is 687 g/mol. The third kappa shape index (κ3) is 4.31. The highest BCUT2D eigenvalue weighted by Crippen LogP contribution is 2.50. The zero-order chi connectivity index (χ0) is 36.0. The molecule has 257 valence electrons. The van der Waals surface area contributed by atoms with E-state index in [0.717, 1.165) is 65.9 Å². The van der Waals surface area contributed by atoms with Gasteiger partial charge in [-0.3, -0.25) is 0 Å². The minimum absolute atomic E-state index is 0.0771. The highest BCUT2D eigenvalue weighted by molar-refractivity contribution is 6.73. The van der Waals surface area contributed by atoms with Crippen LogP contribution in [0.4, 0.5) is 17.1 Å². The van der Waals surface area contributed by atoms with Crippen molar-refractivity contribution >= 4 is 90.2 Å². The smallest absolute Gasteiger partial charge is 0.198 e. The van der Waals surface area contributed by atoms with Crippen molar-refractivity contribution in [2.45, 2.75) is 65.2 Å². The number of hydrogen-bond acceptors (Lipinski definition) is 3. The van der Waals surface area contributed by atoms with Crippen LogP contribution in [0, 0.1) is 13.8 Å². The molecule has 1 N–H and O–H groups in total. The lowest BCUT2D eigenvalue weighted by atomic mass is 9.57. The standard InChI is InChI=1S/C48H40BN2O2/c1-26-20-33(29-14-11-15-31-44(29)50-45-30-13-8-10-17-41(30)53-46(31)45)43-39(21-26)51(37-24-35-34(22-27(37)2)47(3,4)18-19-48(35,5)6)38-23-32-28-12-7-9-16-40(28)52-42(32)25-36(38)49-43/h7-17,20-25,50H,18-19H2,1-6H3. The molecule has 0 unspecified atom stereocenters. The highest BCUT2D eigenvalue weighted by Gasteiger charge is 2.39. The van der Waals surface area contributed by atoms with Gasteiger partial charge < -0.3 is 18.7 Å². The lowest BCUT2D eigenvalue weighted by molar-refractivity contribution is 0.332. The number of para-hydroxylation sites is 3. The Morgan fingerprint density at radius 1 is 0.585 bits per heavy atom. The SMILES string of the molecule is Cc1cc(-c2cccc3c2[nH]c2c4ccccc4oc32)c2c(c1)N(c1cc3c(cc1C)C(C)(C)CCC3(C)C)c1cc3c(cc1[B]2)oc1ccccc13. The Bertz CT molecular complexity index is 3030. The molecule has 4 nitrogen and oxygen atoms in total. The van der Waals surface area contributed by atoms with E-state index in [0.29, 0.717) is 0 Å². The fraction of sp³-hybridized carbons (Fsp3) is 0.208. The van der Waals surface area contributed by atoms with Gasteiger partial charge in [-0.2, -0.15) is 0 Å². The summed E-state index contributed by atoms with van der Waals surface area (Å²) >= 11 is 0. The van der Waals surface area contributed by atoms with Gasteiger partial charge in [0.15, 0.2) is 12.9 Å². The van der Waals surface area contributed by atoms with Gasteiger partial charge in [0.05, 0.1) is 11.0 Å². The molecule has 3 aromatic heterocycles. The Balaban J connectivity index is 1.21. The molecule has 1 aliphatic carbocycles. The number of aryl methyl sites for hydroxylation is 2. The molecule has 0 bridgehead atoms. The summed E-state index contributed by atoms with van der Waals surface area (Å²) in [7, 11) is 2.38. The molecule has 9 aromatic rings. The first-order valence-electron chi connectivity index (χ1n) is 18.9. The summed E-state index contributed by atoms with van der Waals surface area (Å²) in [5.74, 6) is 0. The lowest BCUT2D eigenvalue weighted by Gasteiger charge is -2.43. The molecule has 11 rings (SSSR count). The van der Waals surface area contributed by atoms with E-state index in [4.69, 9.17) is 8.83 Å². The van der Waals surface area contributed by atoms with Gasteiger partial charge in [-0.1, -0.05) is 87.8 Å². The summed E-state index contributed by atoms with van der Waals surface area (Å²) in [6.45, 7) is 14.2. The molecular weight excluding hydrogens is 647 g/mol. The molecule has 53 heavy (non-hydrogen) atoms.